The van der Waals surface area contributed by atoms with Crippen LogP contribution in [0.4, 0.5) is 0 Å². The third kappa shape index (κ3) is 3.03. The average Bonchev–Trinajstić information content (AvgIpc) is 2.55. The van der Waals surface area contributed by atoms with Crippen LogP contribution < -0.4 is 0 Å². The van der Waals surface area contributed by atoms with E-state index in [1.54, 1.807) is 6.20 Å². The molecule has 1 saturated heterocycles. The van der Waals surface area contributed by atoms with Crippen LogP contribution in [0.25, 0.3) is 0 Å². The molecule has 16 heavy (non-hydrogen) atoms. The molecule has 1 N–H and O–H groups in total. The van der Waals surface area contributed by atoms with E-state index in [0.717, 1.165) is 19.5 Å². The van der Waals surface area contributed by atoms with E-state index in [2.05, 4.69) is 16.0 Å². The zero-order chi connectivity index (χ0) is 11.2. The SMILES string of the molecule is OCC1CCCCCN1Cc1cccnc1. The largest absolute Gasteiger partial charge is 0.395 e. The Morgan fingerprint density at radius 3 is 3.06 bits per heavy atom. The number of hydrogen-bond donors (Lipinski definition) is 1. The molecular formula is C13H20N2O. The number of aliphatic hydroxyl groups excluding tert-OH is 1. The van der Waals surface area contributed by atoms with Gasteiger partial charge in [0.25, 0.3) is 0 Å². The van der Waals surface area contributed by atoms with E-state index in [-0.39, 0.29) is 6.61 Å². The summed E-state index contributed by atoms with van der Waals surface area (Å²) >= 11 is 0. The molecule has 0 aliphatic carbocycles. The normalized spacial score (nSPS) is 22.9. The van der Waals surface area contributed by atoms with Gasteiger partial charge < -0.3 is 5.11 Å². The van der Waals surface area contributed by atoms with E-state index in [4.69, 9.17) is 0 Å². The number of pyridine rings is 1. The minimum absolute atomic E-state index is 0.278. The fourth-order valence-electron chi connectivity index (χ4n) is 2.38. The Labute approximate surface area is 97.1 Å². The Morgan fingerprint density at radius 1 is 1.38 bits per heavy atom. The van der Waals surface area contributed by atoms with Gasteiger partial charge in [0.2, 0.25) is 0 Å². The number of aromatic nitrogens is 1. The van der Waals surface area contributed by atoms with Crippen molar-refractivity contribution in [2.45, 2.75) is 38.3 Å². The summed E-state index contributed by atoms with van der Waals surface area (Å²) < 4.78 is 0. The summed E-state index contributed by atoms with van der Waals surface area (Å²) in [5.74, 6) is 0. The smallest absolute Gasteiger partial charge is 0.0586 e. The van der Waals surface area contributed by atoms with E-state index >= 15 is 0 Å². The highest BCUT2D eigenvalue weighted by Gasteiger charge is 2.19. The van der Waals surface area contributed by atoms with Gasteiger partial charge in [-0.2, -0.15) is 0 Å². The zero-order valence-corrected chi connectivity index (χ0v) is 9.68. The summed E-state index contributed by atoms with van der Waals surface area (Å²) in [6.07, 6.45) is 8.62. The molecule has 1 fully saturated rings. The van der Waals surface area contributed by atoms with Crippen LogP contribution in [-0.4, -0.2) is 34.2 Å². The van der Waals surface area contributed by atoms with E-state index in [1.165, 1.54) is 24.8 Å². The standard InChI is InChI=1S/C13H20N2O/c16-11-13-6-2-1-3-8-15(13)10-12-5-4-7-14-9-12/h4-5,7,9,13,16H,1-3,6,8,10-11H2. The molecule has 2 rings (SSSR count). The molecule has 0 spiro atoms. The molecule has 0 aromatic carbocycles. The van der Waals surface area contributed by atoms with Gasteiger partial charge >= 0.3 is 0 Å². The summed E-state index contributed by atoms with van der Waals surface area (Å²) in [5, 5.41) is 9.41. The molecular weight excluding hydrogens is 200 g/mol. The van der Waals surface area contributed by atoms with Gasteiger partial charge in [-0.15, -0.1) is 0 Å². The maximum atomic E-state index is 9.41. The lowest BCUT2D eigenvalue weighted by Crippen LogP contribution is -2.36. The Morgan fingerprint density at radius 2 is 2.31 bits per heavy atom. The number of rotatable bonds is 3. The first kappa shape index (κ1) is 11.6. The van der Waals surface area contributed by atoms with Gasteiger partial charge in [0.15, 0.2) is 0 Å². The van der Waals surface area contributed by atoms with Crippen molar-refractivity contribution in [2.24, 2.45) is 0 Å². The predicted octanol–water partition coefficient (Wildman–Crippen LogP) is 1.82. The molecule has 3 nitrogen and oxygen atoms in total. The summed E-state index contributed by atoms with van der Waals surface area (Å²) in [6, 6.07) is 4.41. The van der Waals surface area contributed by atoms with Crippen molar-refractivity contribution in [2.75, 3.05) is 13.2 Å². The first-order chi connectivity index (χ1) is 7.90. The molecule has 1 aliphatic rings. The molecule has 1 aliphatic heterocycles. The highest BCUT2D eigenvalue weighted by atomic mass is 16.3. The summed E-state index contributed by atoms with van der Waals surface area (Å²) in [4.78, 5) is 6.53. The molecule has 0 radical (unpaired) electrons. The fraction of sp³-hybridized carbons (Fsp3) is 0.615. The molecule has 1 atom stereocenters. The van der Waals surface area contributed by atoms with Gasteiger partial charge in [0.05, 0.1) is 6.61 Å². The maximum absolute atomic E-state index is 9.41. The third-order valence-corrected chi connectivity index (χ3v) is 3.32. The molecule has 1 aromatic heterocycles. The van der Waals surface area contributed by atoms with Crippen LogP contribution in [0.2, 0.25) is 0 Å². The van der Waals surface area contributed by atoms with Crippen LogP contribution in [0, 0.1) is 0 Å². The second-order valence-corrected chi connectivity index (χ2v) is 4.52. The second kappa shape index (κ2) is 5.97. The maximum Gasteiger partial charge on any atom is 0.0586 e. The lowest BCUT2D eigenvalue weighted by atomic mass is 10.1. The fourth-order valence-corrected chi connectivity index (χ4v) is 2.38. The Hall–Kier alpha value is -0.930. The van der Waals surface area contributed by atoms with Crippen molar-refractivity contribution in [3.63, 3.8) is 0 Å². The highest BCUT2D eigenvalue weighted by Crippen LogP contribution is 2.18. The highest BCUT2D eigenvalue weighted by molar-refractivity contribution is 5.08. The molecule has 3 heteroatoms. The molecule has 88 valence electrons. The van der Waals surface area contributed by atoms with Crippen LogP contribution in [0.1, 0.15) is 31.2 Å². The van der Waals surface area contributed by atoms with Crippen molar-refractivity contribution < 1.29 is 5.11 Å². The van der Waals surface area contributed by atoms with Gasteiger partial charge in [-0.25, -0.2) is 0 Å². The van der Waals surface area contributed by atoms with Crippen LogP contribution in [-0.2, 0) is 6.54 Å². The minimum Gasteiger partial charge on any atom is -0.395 e. The molecule has 2 heterocycles. The van der Waals surface area contributed by atoms with Crippen molar-refractivity contribution >= 4 is 0 Å². The van der Waals surface area contributed by atoms with E-state index in [9.17, 15) is 5.11 Å². The van der Waals surface area contributed by atoms with Crippen LogP contribution in [0.15, 0.2) is 24.5 Å². The van der Waals surface area contributed by atoms with Crippen LogP contribution in [0.3, 0.4) is 0 Å². The third-order valence-electron chi connectivity index (χ3n) is 3.32. The van der Waals surface area contributed by atoms with Crippen molar-refractivity contribution in [1.82, 2.24) is 9.88 Å². The van der Waals surface area contributed by atoms with Gasteiger partial charge in [-0.1, -0.05) is 18.9 Å². The van der Waals surface area contributed by atoms with E-state index in [0.29, 0.717) is 6.04 Å². The number of hydrogen-bond acceptors (Lipinski definition) is 3. The monoisotopic (exact) mass is 220 g/mol. The quantitative estimate of drug-likeness (QED) is 0.844. The van der Waals surface area contributed by atoms with Gasteiger partial charge in [-0.3, -0.25) is 9.88 Å². The first-order valence-corrected chi connectivity index (χ1v) is 6.14. The second-order valence-electron chi connectivity index (χ2n) is 4.52. The van der Waals surface area contributed by atoms with E-state index < -0.39 is 0 Å². The Bertz CT molecular complexity index is 302. The number of nitrogens with zero attached hydrogens (tertiary/aromatic N) is 2. The average molecular weight is 220 g/mol. The van der Waals surface area contributed by atoms with Crippen LogP contribution >= 0.6 is 0 Å². The summed E-state index contributed by atoms with van der Waals surface area (Å²) in [7, 11) is 0. The van der Waals surface area contributed by atoms with Crippen molar-refractivity contribution in [1.29, 1.82) is 0 Å². The molecule has 0 saturated carbocycles. The van der Waals surface area contributed by atoms with Crippen LogP contribution in [0.5, 0.6) is 0 Å². The number of aliphatic hydroxyl groups is 1. The lowest BCUT2D eigenvalue weighted by Gasteiger charge is -2.28. The van der Waals surface area contributed by atoms with Crippen molar-refractivity contribution in [3.05, 3.63) is 30.1 Å². The molecule has 1 aromatic rings. The predicted molar refractivity (Wildman–Crippen MR) is 64.0 cm³/mol. The molecule has 0 bridgehead atoms. The van der Waals surface area contributed by atoms with Gasteiger partial charge in [-0.05, 0) is 31.0 Å². The van der Waals surface area contributed by atoms with E-state index in [1.807, 2.05) is 12.3 Å². The van der Waals surface area contributed by atoms with Gasteiger partial charge in [0, 0.05) is 25.0 Å². The van der Waals surface area contributed by atoms with Crippen molar-refractivity contribution in [3.8, 4) is 0 Å². The Kier molecular flexibility index (Phi) is 4.31. The van der Waals surface area contributed by atoms with Gasteiger partial charge in [0.1, 0.15) is 0 Å². The minimum atomic E-state index is 0.278. The summed E-state index contributed by atoms with van der Waals surface area (Å²) in [6.45, 7) is 2.29. The molecule has 0 amide bonds. The topological polar surface area (TPSA) is 36.4 Å². The zero-order valence-electron chi connectivity index (χ0n) is 9.68. The summed E-state index contributed by atoms with van der Waals surface area (Å²) in [5.41, 5.74) is 1.24. The molecule has 1 unspecified atom stereocenters. The lowest BCUT2D eigenvalue weighted by molar-refractivity contribution is 0.118. The number of likely N-dealkylation sites (tertiary alicyclic amines) is 1. The first-order valence-electron chi connectivity index (χ1n) is 6.14. The Balaban J connectivity index is 2.00.